The molecule has 3 heterocycles. The first-order valence-electron chi connectivity index (χ1n) is 15.6. The fourth-order valence-corrected chi connectivity index (χ4v) is 7.42. The number of hydrogen-bond donors (Lipinski definition) is 2. The van der Waals surface area contributed by atoms with Gasteiger partial charge in [-0.25, -0.2) is 22.4 Å². The Balaban J connectivity index is 1.15. The maximum atomic E-state index is 13.6. The number of pyridine rings is 1. The Kier molecular flexibility index (Phi) is 9.32. The van der Waals surface area contributed by atoms with E-state index in [1.807, 2.05) is 51.1 Å². The summed E-state index contributed by atoms with van der Waals surface area (Å²) >= 11 is 6.64. The number of halogens is 1. The van der Waals surface area contributed by atoms with E-state index in [4.69, 9.17) is 21.3 Å². The Bertz CT molecular complexity index is 1990. The molecule has 1 fully saturated rings. The number of anilines is 1. The zero-order chi connectivity index (χ0) is 33.2. The average molecular weight is 674 g/mol. The maximum absolute atomic E-state index is 13.6. The third-order valence-corrected chi connectivity index (χ3v) is 10.0. The van der Waals surface area contributed by atoms with Crippen LogP contribution >= 0.6 is 11.6 Å². The number of rotatable bonds is 8. The van der Waals surface area contributed by atoms with Gasteiger partial charge in [-0.3, -0.25) is 0 Å². The standard InChI is InChI=1S/C35H38ClN6O4S/c1-35(2,3)46-34(43)41-18-16-24(17-19-41)21-37-25-10-9-11-26(20-25)39-33-38-22-30(36)32(40-33)29-23-42(31-15-8-7-14-28(29)31)47(44,45)27-12-5-4-6-13-27/h4-8,12-19,22-23,25-26,37H,9-11,20-21H2,1-3H3,(H,38,39,40)/q+1/t25-,26+/m0/s1. The van der Waals surface area contributed by atoms with E-state index in [-0.39, 0.29) is 17.0 Å². The van der Waals surface area contributed by atoms with Crippen LogP contribution in [-0.2, 0) is 21.3 Å². The first-order valence-corrected chi connectivity index (χ1v) is 17.5. The van der Waals surface area contributed by atoms with Crippen molar-refractivity contribution in [2.75, 3.05) is 5.32 Å². The van der Waals surface area contributed by atoms with Crippen LogP contribution in [0.3, 0.4) is 0 Å². The lowest BCUT2D eigenvalue weighted by Crippen LogP contribution is -2.46. The number of hydrogen-bond acceptors (Lipinski definition) is 8. The number of carbonyl (C=O) groups excluding carboxylic acids is 1. The summed E-state index contributed by atoms with van der Waals surface area (Å²) in [7, 11) is -3.86. The van der Waals surface area contributed by atoms with E-state index in [9.17, 15) is 13.2 Å². The van der Waals surface area contributed by atoms with Crippen molar-refractivity contribution in [2.24, 2.45) is 0 Å². The van der Waals surface area contributed by atoms with Crippen LogP contribution in [0.2, 0.25) is 5.02 Å². The lowest BCUT2D eigenvalue weighted by atomic mass is 9.91. The molecule has 47 heavy (non-hydrogen) atoms. The monoisotopic (exact) mass is 673 g/mol. The van der Waals surface area contributed by atoms with Crippen molar-refractivity contribution >= 4 is 44.6 Å². The molecule has 1 saturated carbocycles. The van der Waals surface area contributed by atoms with Crippen molar-refractivity contribution in [3.05, 3.63) is 102 Å². The number of para-hydroxylation sites is 1. The zero-order valence-corrected chi connectivity index (χ0v) is 28.1. The van der Waals surface area contributed by atoms with Crippen LogP contribution in [-0.4, -0.2) is 46.1 Å². The smallest absolute Gasteiger partial charge is 0.406 e. The molecule has 12 heteroatoms. The van der Waals surface area contributed by atoms with Gasteiger partial charge in [0.2, 0.25) is 5.95 Å². The van der Waals surface area contributed by atoms with E-state index in [0.29, 0.717) is 34.3 Å². The number of aromatic nitrogens is 4. The van der Waals surface area contributed by atoms with Crippen molar-refractivity contribution in [3.8, 4) is 11.3 Å². The number of nitrogens with zero attached hydrogens (tertiary/aromatic N) is 4. The summed E-state index contributed by atoms with van der Waals surface area (Å²) in [6.07, 6.45) is 10.1. The quantitative estimate of drug-likeness (QED) is 0.178. The van der Waals surface area contributed by atoms with E-state index in [0.717, 1.165) is 36.6 Å². The minimum Gasteiger partial charge on any atom is -0.406 e. The van der Waals surface area contributed by atoms with Crippen LogP contribution in [0.4, 0.5) is 10.7 Å². The van der Waals surface area contributed by atoms with Crippen molar-refractivity contribution in [1.29, 1.82) is 0 Å². The molecular formula is C35H38ClN6O4S+. The van der Waals surface area contributed by atoms with Gasteiger partial charge in [0.05, 0.1) is 27.3 Å². The van der Waals surface area contributed by atoms with Gasteiger partial charge in [0, 0.05) is 47.9 Å². The average Bonchev–Trinajstić information content (AvgIpc) is 3.45. The lowest BCUT2D eigenvalue weighted by Gasteiger charge is -2.30. The Hall–Kier alpha value is -4.32. The molecule has 6 rings (SSSR count). The molecule has 0 aliphatic heterocycles. The highest BCUT2D eigenvalue weighted by atomic mass is 35.5. The highest BCUT2D eigenvalue weighted by Gasteiger charge is 2.26. The van der Waals surface area contributed by atoms with Gasteiger partial charge < -0.3 is 15.4 Å². The number of benzene rings is 2. The highest BCUT2D eigenvalue weighted by molar-refractivity contribution is 7.90. The summed E-state index contributed by atoms with van der Waals surface area (Å²) in [5, 5.41) is 8.19. The molecule has 0 unspecified atom stereocenters. The maximum Gasteiger partial charge on any atom is 0.602 e. The summed E-state index contributed by atoms with van der Waals surface area (Å²) < 4.78 is 35.4. The predicted molar refractivity (Wildman–Crippen MR) is 182 cm³/mol. The largest absolute Gasteiger partial charge is 0.602 e. The first-order chi connectivity index (χ1) is 22.5. The fraction of sp³-hybridized carbons (Fsp3) is 0.314. The molecule has 10 nitrogen and oxygen atoms in total. The zero-order valence-electron chi connectivity index (χ0n) is 26.6. The Labute approximate surface area is 279 Å². The van der Waals surface area contributed by atoms with Gasteiger partial charge in [0.1, 0.15) is 5.60 Å². The van der Waals surface area contributed by atoms with Gasteiger partial charge in [-0.2, -0.15) is 4.79 Å². The second-order valence-corrected chi connectivity index (χ2v) is 15.0. The number of carbonyl (C=O) groups is 1. The molecular weight excluding hydrogens is 636 g/mol. The van der Waals surface area contributed by atoms with Crippen LogP contribution in [0, 0.1) is 0 Å². The van der Waals surface area contributed by atoms with Crippen LogP contribution in [0.1, 0.15) is 52.0 Å². The number of fused-ring (bicyclic) bond motifs is 1. The van der Waals surface area contributed by atoms with Crippen molar-refractivity contribution < 1.29 is 22.5 Å². The highest BCUT2D eigenvalue weighted by Crippen LogP contribution is 2.36. The second-order valence-electron chi connectivity index (χ2n) is 12.7. The molecule has 244 valence electrons. The van der Waals surface area contributed by atoms with Gasteiger partial charge in [0.15, 0.2) is 12.4 Å². The molecule has 0 amide bonds. The van der Waals surface area contributed by atoms with Crippen molar-refractivity contribution in [1.82, 2.24) is 19.3 Å². The number of nitrogens with one attached hydrogen (secondary N) is 2. The van der Waals surface area contributed by atoms with E-state index in [2.05, 4.69) is 15.6 Å². The molecule has 2 atom stereocenters. The molecule has 2 N–H and O–H groups in total. The Morgan fingerprint density at radius 1 is 1.02 bits per heavy atom. The van der Waals surface area contributed by atoms with Crippen LogP contribution < -0.4 is 15.2 Å². The van der Waals surface area contributed by atoms with Gasteiger partial charge >= 0.3 is 6.09 Å². The van der Waals surface area contributed by atoms with Gasteiger partial charge in [-0.05, 0) is 70.2 Å². The molecule has 5 aromatic rings. The molecule has 1 aliphatic rings. The van der Waals surface area contributed by atoms with Crippen LogP contribution in [0.25, 0.3) is 22.2 Å². The molecule has 0 saturated heterocycles. The van der Waals surface area contributed by atoms with Crippen LogP contribution in [0.5, 0.6) is 0 Å². The lowest BCUT2D eigenvalue weighted by molar-refractivity contribution is -0.588. The minimum atomic E-state index is -3.86. The normalized spacial score (nSPS) is 17.0. The molecule has 0 radical (unpaired) electrons. The van der Waals surface area contributed by atoms with E-state index in [1.165, 1.54) is 8.54 Å². The van der Waals surface area contributed by atoms with Crippen LogP contribution in [0.15, 0.2) is 96.4 Å². The minimum absolute atomic E-state index is 0.139. The SMILES string of the molecule is CC(C)(C)OC(=O)[n+]1ccc(CN[C@H]2CCC[C@@H](Nc3ncc(Cl)c(-c4cn(S(=O)(=O)c5ccccc5)c5ccccc45)n3)C2)cc1. The predicted octanol–water partition coefficient (Wildman–Crippen LogP) is 6.57. The summed E-state index contributed by atoms with van der Waals surface area (Å²) in [6.45, 7) is 6.20. The summed E-state index contributed by atoms with van der Waals surface area (Å²) in [4.78, 5) is 21.8. The van der Waals surface area contributed by atoms with E-state index >= 15 is 0 Å². The van der Waals surface area contributed by atoms with E-state index in [1.54, 1.807) is 61.2 Å². The summed E-state index contributed by atoms with van der Waals surface area (Å²) in [5.74, 6) is 0.438. The molecule has 1 aliphatic carbocycles. The Morgan fingerprint density at radius 2 is 1.72 bits per heavy atom. The topological polar surface area (TPSA) is 119 Å². The molecule has 0 spiro atoms. The van der Waals surface area contributed by atoms with Gasteiger partial charge in [-0.1, -0.05) is 52.6 Å². The van der Waals surface area contributed by atoms with E-state index < -0.39 is 21.7 Å². The van der Waals surface area contributed by atoms with Crippen molar-refractivity contribution in [2.45, 2.75) is 75.6 Å². The van der Waals surface area contributed by atoms with Crippen molar-refractivity contribution in [3.63, 3.8) is 0 Å². The van der Waals surface area contributed by atoms with Gasteiger partial charge in [0.25, 0.3) is 10.0 Å². The first kappa shape index (κ1) is 32.6. The summed E-state index contributed by atoms with van der Waals surface area (Å²) in [6, 6.07) is 19.9. The third-order valence-electron chi connectivity index (χ3n) is 8.08. The fourth-order valence-electron chi connectivity index (χ4n) is 5.83. The number of ether oxygens (including phenoxy) is 1. The second kappa shape index (κ2) is 13.4. The summed E-state index contributed by atoms with van der Waals surface area (Å²) in [5.41, 5.74) is 2.12. The van der Waals surface area contributed by atoms with Gasteiger partial charge in [-0.15, -0.1) is 0 Å². The Morgan fingerprint density at radius 3 is 2.47 bits per heavy atom. The molecule has 3 aromatic heterocycles. The molecule has 2 aromatic carbocycles. The molecule has 0 bridgehead atoms. The third kappa shape index (κ3) is 7.48.